The fourth-order valence-electron chi connectivity index (χ4n) is 3.51. The van der Waals surface area contributed by atoms with Crippen molar-refractivity contribution in [3.05, 3.63) is 59.8 Å². The lowest BCUT2D eigenvalue weighted by Gasteiger charge is -2.19. The molecule has 134 valence electrons. The Balaban J connectivity index is 1.52. The van der Waals surface area contributed by atoms with Gasteiger partial charge < -0.3 is 19.8 Å². The minimum absolute atomic E-state index is 0.0297. The molecule has 0 saturated heterocycles. The normalized spacial score (nSPS) is 14.8. The van der Waals surface area contributed by atoms with Crippen LogP contribution in [0.25, 0.3) is 10.9 Å². The topological polar surface area (TPSA) is 63.3 Å². The molecule has 0 spiro atoms. The molecule has 1 aliphatic rings. The third-order valence-corrected chi connectivity index (χ3v) is 5.09. The summed E-state index contributed by atoms with van der Waals surface area (Å²) < 4.78 is 10.7. The van der Waals surface area contributed by atoms with Crippen molar-refractivity contribution in [2.24, 2.45) is 0 Å². The largest absolute Gasteiger partial charge is 0.493 e. The molecule has 0 bridgehead atoms. The van der Waals surface area contributed by atoms with E-state index in [-0.39, 0.29) is 11.4 Å². The van der Waals surface area contributed by atoms with Crippen molar-refractivity contribution in [3.63, 3.8) is 0 Å². The molecule has 2 N–H and O–H groups in total. The molecule has 0 unspecified atom stereocenters. The number of aromatic amines is 1. The van der Waals surface area contributed by atoms with Gasteiger partial charge in [0, 0.05) is 17.1 Å². The molecule has 1 saturated carbocycles. The van der Waals surface area contributed by atoms with E-state index in [0.29, 0.717) is 17.9 Å². The highest BCUT2D eigenvalue weighted by Gasteiger charge is 2.46. The predicted molar refractivity (Wildman–Crippen MR) is 101 cm³/mol. The lowest BCUT2D eigenvalue weighted by atomic mass is 10.0. The van der Waals surface area contributed by atoms with Crippen LogP contribution >= 0.6 is 0 Å². The summed E-state index contributed by atoms with van der Waals surface area (Å²) in [7, 11) is 3.24. The number of ether oxygens (including phenoxy) is 2. The lowest BCUT2D eigenvalue weighted by molar-refractivity contribution is -0.121. The highest BCUT2D eigenvalue weighted by atomic mass is 16.5. The molecular weight excluding hydrogens is 328 g/mol. The third kappa shape index (κ3) is 2.90. The quantitative estimate of drug-likeness (QED) is 0.715. The maximum atomic E-state index is 12.7. The van der Waals surface area contributed by atoms with E-state index < -0.39 is 0 Å². The Kier molecular flexibility index (Phi) is 4.07. The molecule has 0 atom stereocenters. The summed E-state index contributed by atoms with van der Waals surface area (Å²) in [6.07, 6.45) is 4.14. The molecule has 1 aromatic heterocycles. The molecule has 5 nitrogen and oxygen atoms in total. The summed E-state index contributed by atoms with van der Waals surface area (Å²) in [6.45, 7) is 0. The summed E-state index contributed by atoms with van der Waals surface area (Å²) in [5.74, 6) is 1.40. The zero-order valence-corrected chi connectivity index (χ0v) is 15.0. The minimum Gasteiger partial charge on any atom is -0.493 e. The molecule has 0 aliphatic heterocycles. The van der Waals surface area contributed by atoms with Gasteiger partial charge in [-0.05, 0) is 42.2 Å². The van der Waals surface area contributed by atoms with Crippen LogP contribution in [0.1, 0.15) is 24.0 Å². The molecule has 1 amide bonds. The second-order valence-corrected chi connectivity index (χ2v) is 6.74. The third-order valence-electron chi connectivity index (χ3n) is 5.09. The van der Waals surface area contributed by atoms with Crippen molar-refractivity contribution in [1.82, 2.24) is 10.3 Å². The molecule has 1 aliphatic carbocycles. The Morgan fingerprint density at radius 2 is 1.88 bits per heavy atom. The maximum Gasteiger partial charge on any atom is 0.225 e. The zero-order valence-electron chi connectivity index (χ0n) is 15.0. The highest BCUT2D eigenvalue weighted by Crippen LogP contribution is 2.47. The fourth-order valence-corrected chi connectivity index (χ4v) is 3.51. The first-order valence-corrected chi connectivity index (χ1v) is 8.74. The number of carbonyl (C=O) groups is 1. The molecule has 5 heteroatoms. The number of nitrogens with one attached hydrogen (secondary N) is 2. The second-order valence-electron chi connectivity index (χ2n) is 6.74. The van der Waals surface area contributed by atoms with Gasteiger partial charge in [0.1, 0.15) is 0 Å². The van der Waals surface area contributed by atoms with E-state index in [4.69, 9.17) is 9.47 Å². The van der Waals surface area contributed by atoms with Gasteiger partial charge in [0.05, 0.1) is 26.2 Å². The number of hydrogen-bond donors (Lipinski definition) is 2. The number of methoxy groups -OCH3 is 2. The van der Waals surface area contributed by atoms with Crippen molar-refractivity contribution in [1.29, 1.82) is 0 Å². The molecule has 0 radical (unpaired) electrons. The van der Waals surface area contributed by atoms with E-state index in [1.807, 2.05) is 48.7 Å². The maximum absolute atomic E-state index is 12.7. The van der Waals surface area contributed by atoms with Gasteiger partial charge in [-0.1, -0.05) is 24.3 Å². The van der Waals surface area contributed by atoms with Gasteiger partial charge in [0.15, 0.2) is 11.5 Å². The van der Waals surface area contributed by atoms with E-state index in [2.05, 4.69) is 10.3 Å². The van der Waals surface area contributed by atoms with Gasteiger partial charge in [-0.2, -0.15) is 0 Å². The van der Waals surface area contributed by atoms with Gasteiger partial charge in [-0.3, -0.25) is 4.79 Å². The highest BCUT2D eigenvalue weighted by molar-refractivity contribution is 5.89. The number of fused-ring (bicyclic) bond motifs is 1. The summed E-state index contributed by atoms with van der Waals surface area (Å²) >= 11 is 0. The van der Waals surface area contributed by atoms with E-state index in [1.165, 1.54) is 0 Å². The van der Waals surface area contributed by atoms with E-state index >= 15 is 0 Å². The first kappa shape index (κ1) is 16.5. The first-order valence-electron chi connectivity index (χ1n) is 8.74. The van der Waals surface area contributed by atoms with E-state index in [9.17, 15) is 4.79 Å². The number of rotatable bonds is 6. The van der Waals surface area contributed by atoms with Crippen molar-refractivity contribution < 1.29 is 14.3 Å². The number of H-pyrrole nitrogens is 1. The van der Waals surface area contributed by atoms with Crippen LogP contribution in [-0.2, 0) is 16.8 Å². The fraction of sp³-hybridized carbons (Fsp3) is 0.286. The Bertz CT molecular complexity index is 957. The van der Waals surface area contributed by atoms with Gasteiger partial charge in [-0.25, -0.2) is 0 Å². The van der Waals surface area contributed by atoms with Gasteiger partial charge in [-0.15, -0.1) is 0 Å². The van der Waals surface area contributed by atoms with Crippen molar-refractivity contribution >= 4 is 16.8 Å². The molecule has 1 heterocycles. The minimum atomic E-state index is -0.289. The number of carbonyl (C=O) groups excluding carboxylic acids is 1. The number of benzene rings is 2. The van der Waals surface area contributed by atoms with Crippen LogP contribution in [0.2, 0.25) is 0 Å². The summed E-state index contributed by atoms with van der Waals surface area (Å²) in [5, 5.41) is 4.32. The van der Waals surface area contributed by atoms with E-state index in [1.54, 1.807) is 14.2 Å². The standard InChI is InChI=1S/C21H22N2O3/c1-25-18-8-7-15(12-19(18)26-2)21(9-10-21)23-20(24)11-14-13-22-17-6-4-3-5-16(14)17/h3-8,12-13,22H,9-11H2,1-2H3,(H,23,24). The Morgan fingerprint density at radius 3 is 2.62 bits per heavy atom. The molecule has 1 fully saturated rings. The number of aromatic nitrogens is 1. The first-order chi connectivity index (χ1) is 12.6. The van der Waals surface area contributed by atoms with Crippen LogP contribution in [-0.4, -0.2) is 25.1 Å². The van der Waals surface area contributed by atoms with Gasteiger partial charge in [0.25, 0.3) is 0 Å². The van der Waals surface area contributed by atoms with Crippen molar-refractivity contribution in [2.75, 3.05) is 14.2 Å². The van der Waals surface area contributed by atoms with Crippen LogP contribution in [0.5, 0.6) is 11.5 Å². The molecule has 26 heavy (non-hydrogen) atoms. The average molecular weight is 350 g/mol. The zero-order chi connectivity index (χ0) is 18.1. The van der Waals surface area contributed by atoms with E-state index in [0.717, 1.165) is 34.9 Å². The molecule has 2 aromatic carbocycles. The van der Waals surface area contributed by atoms with Crippen molar-refractivity contribution in [2.45, 2.75) is 24.8 Å². The monoisotopic (exact) mass is 350 g/mol. The van der Waals surface area contributed by atoms with Crippen LogP contribution in [0, 0.1) is 0 Å². The number of hydrogen-bond acceptors (Lipinski definition) is 3. The summed E-state index contributed by atoms with van der Waals surface area (Å²) in [5.41, 5.74) is 2.84. The molecule has 4 rings (SSSR count). The molecule has 3 aromatic rings. The van der Waals surface area contributed by atoms with Gasteiger partial charge in [0.2, 0.25) is 5.91 Å². The second kappa shape index (κ2) is 6.41. The van der Waals surface area contributed by atoms with Crippen LogP contribution in [0.15, 0.2) is 48.7 Å². The van der Waals surface area contributed by atoms with Crippen LogP contribution < -0.4 is 14.8 Å². The summed E-state index contributed by atoms with van der Waals surface area (Å²) in [6, 6.07) is 13.9. The molecular formula is C21H22N2O3. The summed E-state index contributed by atoms with van der Waals surface area (Å²) in [4.78, 5) is 15.9. The SMILES string of the molecule is COc1ccc(C2(NC(=O)Cc3c[nH]c4ccccc34)CC2)cc1OC. The smallest absolute Gasteiger partial charge is 0.225 e. The average Bonchev–Trinajstić information content (AvgIpc) is 3.34. The Morgan fingerprint density at radius 1 is 1.12 bits per heavy atom. The Labute approximate surface area is 152 Å². The number of para-hydroxylation sites is 1. The number of amides is 1. The van der Waals surface area contributed by atoms with Gasteiger partial charge >= 0.3 is 0 Å². The van der Waals surface area contributed by atoms with Crippen LogP contribution in [0.3, 0.4) is 0 Å². The predicted octanol–water partition coefficient (Wildman–Crippen LogP) is 3.53. The van der Waals surface area contributed by atoms with Crippen LogP contribution in [0.4, 0.5) is 0 Å². The lowest BCUT2D eigenvalue weighted by Crippen LogP contribution is -2.35. The Hall–Kier alpha value is -2.95. The van der Waals surface area contributed by atoms with Crippen molar-refractivity contribution in [3.8, 4) is 11.5 Å².